The predicted octanol–water partition coefficient (Wildman–Crippen LogP) is 3.10. The van der Waals surface area contributed by atoms with Crippen molar-refractivity contribution in [1.29, 1.82) is 21.2 Å². The first-order valence-electron chi connectivity index (χ1n) is 8.85. The summed E-state index contributed by atoms with van der Waals surface area (Å²) in [5.41, 5.74) is -3.86. The lowest BCUT2D eigenvalue weighted by molar-refractivity contribution is -0.385. The summed E-state index contributed by atoms with van der Waals surface area (Å²) in [7, 11) is 0. The van der Waals surface area contributed by atoms with Crippen LogP contribution in [0.25, 0.3) is 0 Å². The molecule has 0 amide bonds. The van der Waals surface area contributed by atoms with Crippen LogP contribution < -0.4 is 0 Å². The van der Waals surface area contributed by atoms with Gasteiger partial charge in [-0.05, 0) is 18.4 Å². The van der Waals surface area contributed by atoms with Gasteiger partial charge in [0.25, 0.3) is 5.69 Å². The van der Waals surface area contributed by atoms with Crippen molar-refractivity contribution in [2.45, 2.75) is 37.6 Å². The molecule has 9 heteroatoms. The van der Waals surface area contributed by atoms with Crippen LogP contribution in [-0.4, -0.2) is 16.6 Å². The second kappa shape index (κ2) is 5.76. The lowest BCUT2D eigenvalue weighted by atomic mass is 9.51. The number of hydrogen-bond donors (Lipinski definition) is 1. The predicted molar refractivity (Wildman–Crippen MR) is 92.1 cm³/mol. The van der Waals surface area contributed by atoms with Gasteiger partial charge < -0.3 is 9.47 Å². The van der Waals surface area contributed by atoms with Crippen molar-refractivity contribution in [3.05, 3.63) is 39.9 Å². The molecule has 2 heterocycles. The maximum Gasteiger partial charge on any atom is 0.269 e. The summed E-state index contributed by atoms with van der Waals surface area (Å²) in [5.74, 6) is -2.34. The molecule has 4 atom stereocenters. The Morgan fingerprint density at radius 3 is 2.61 bits per heavy atom. The first kappa shape index (κ1) is 17.9. The second-order valence-electron chi connectivity index (χ2n) is 7.34. The zero-order chi connectivity index (χ0) is 20.2. The molecule has 1 saturated carbocycles. The third-order valence-electron chi connectivity index (χ3n) is 6.20. The molecule has 0 radical (unpaired) electrons. The van der Waals surface area contributed by atoms with Crippen LogP contribution in [0, 0.1) is 66.3 Å². The fourth-order valence-corrected chi connectivity index (χ4v) is 4.96. The Bertz CT molecular complexity index is 1000. The number of nitriles is 3. The average Bonchev–Trinajstić information content (AvgIpc) is 2.92. The van der Waals surface area contributed by atoms with Crippen LogP contribution in [0.1, 0.15) is 37.4 Å². The van der Waals surface area contributed by atoms with Gasteiger partial charge >= 0.3 is 0 Å². The van der Waals surface area contributed by atoms with Gasteiger partial charge in [0.15, 0.2) is 5.41 Å². The minimum atomic E-state index is -2.07. The first-order chi connectivity index (χ1) is 13.4. The molecule has 0 spiro atoms. The molecule has 1 aromatic rings. The van der Waals surface area contributed by atoms with E-state index in [1.807, 2.05) is 12.1 Å². The van der Waals surface area contributed by atoms with Crippen molar-refractivity contribution in [2.75, 3.05) is 0 Å². The molecular weight excluding hydrogens is 362 g/mol. The van der Waals surface area contributed by atoms with Crippen molar-refractivity contribution in [2.24, 2.45) is 16.7 Å². The first-order valence-corrected chi connectivity index (χ1v) is 8.85. The van der Waals surface area contributed by atoms with Gasteiger partial charge in [0.1, 0.15) is 6.10 Å². The molecule has 0 aromatic heterocycles. The summed E-state index contributed by atoms with van der Waals surface area (Å²) in [6, 6.07) is 11.5. The number of benzene rings is 1. The van der Waals surface area contributed by atoms with Crippen molar-refractivity contribution in [3.63, 3.8) is 0 Å². The zero-order valence-corrected chi connectivity index (χ0v) is 14.7. The molecule has 2 aliphatic heterocycles. The second-order valence-corrected chi connectivity index (χ2v) is 7.34. The van der Waals surface area contributed by atoms with Crippen molar-refractivity contribution in [1.82, 2.24) is 0 Å². The minimum Gasteiger partial charge on any atom is -0.447 e. The molecule has 1 N–H and O–H groups in total. The van der Waals surface area contributed by atoms with Crippen LogP contribution >= 0.6 is 0 Å². The third kappa shape index (κ3) is 1.88. The summed E-state index contributed by atoms with van der Waals surface area (Å²) < 4.78 is 12.0. The number of rotatable bonds is 2. The van der Waals surface area contributed by atoms with Gasteiger partial charge in [-0.1, -0.05) is 18.6 Å². The average molecular weight is 377 g/mol. The van der Waals surface area contributed by atoms with Crippen LogP contribution in [0.15, 0.2) is 24.3 Å². The van der Waals surface area contributed by atoms with Crippen molar-refractivity contribution >= 4 is 11.6 Å². The Kier molecular flexibility index (Phi) is 3.68. The van der Waals surface area contributed by atoms with Crippen LogP contribution in [0.3, 0.4) is 0 Å². The fraction of sp³-hybridized carbons (Fsp3) is 0.474. The Hall–Kier alpha value is -3.48. The molecule has 3 aliphatic rings. The lowest BCUT2D eigenvalue weighted by Gasteiger charge is -2.51. The van der Waals surface area contributed by atoms with E-state index in [0.717, 1.165) is 12.8 Å². The van der Waals surface area contributed by atoms with Crippen LogP contribution in [0.5, 0.6) is 0 Å². The van der Waals surface area contributed by atoms with E-state index in [9.17, 15) is 25.9 Å². The van der Waals surface area contributed by atoms with E-state index >= 15 is 0 Å². The maximum absolute atomic E-state index is 11.2. The van der Waals surface area contributed by atoms with E-state index in [1.54, 1.807) is 0 Å². The summed E-state index contributed by atoms with van der Waals surface area (Å²) in [6.07, 6.45) is 1.16. The highest BCUT2D eigenvalue weighted by atomic mass is 16.7. The number of nitro benzene ring substituents is 1. The molecule has 140 valence electrons. The SMILES string of the molecule is N#CC1(C#N)[C@@H](c2cccc([N+](=O)[O-])c2)O[C@@]23CCCC[C@H]2[C@@]1(C#N)C(=N)O3. The van der Waals surface area contributed by atoms with Crippen LogP contribution in [0.2, 0.25) is 0 Å². The highest BCUT2D eigenvalue weighted by Crippen LogP contribution is 2.69. The quantitative estimate of drug-likeness (QED) is 0.612. The Balaban J connectivity index is 1.99. The van der Waals surface area contributed by atoms with E-state index in [4.69, 9.17) is 14.9 Å². The number of hydrogen-bond acceptors (Lipinski definition) is 8. The fourth-order valence-electron chi connectivity index (χ4n) is 4.96. The standard InChI is InChI=1S/C19H15N5O4/c20-9-17(10-21)15(12-4-3-5-13(8-12)24(25)26)27-19-7-2-1-6-14(19)18(17,11-22)16(23)28-19/h3-5,8,14-15,23H,1-2,6-7H2/t14-,15+,18-,19+/m0/s1. The molecule has 2 bridgehead atoms. The van der Waals surface area contributed by atoms with E-state index in [2.05, 4.69) is 6.07 Å². The largest absolute Gasteiger partial charge is 0.447 e. The molecule has 1 aliphatic carbocycles. The Labute approximate surface area is 160 Å². The van der Waals surface area contributed by atoms with Gasteiger partial charge in [0, 0.05) is 18.6 Å². The van der Waals surface area contributed by atoms with E-state index < -0.39 is 39.5 Å². The van der Waals surface area contributed by atoms with Gasteiger partial charge in [-0.3, -0.25) is 15.5 Å². The van der Waals surface area contributed by atoms with Gasteiger partial charge in [-0.25, -0.2) is 0 Å². The number of ether oxygens (including phenoxy) is 2. The third-order valence-corrected chi connectivity index (χ3v) is 6.20. The number of nitro groups is 1. The van der Waals surface area contributed by atoms with Crippen LogP contribution in [-0.2, 0) is 9.47 Å². The molecular formula is C19H15N5O4. The van der Waals surface area contributed by atoms with Gasteiger partial charge in [0.05, 0.1) is 29.0 Å². The highest BCUT2D eigenvalue weighted by molar-refractivity contribution is 5.89. The van der Waals surface area contributed by atoms with E-state index in [0.29, 0.717) is 12.8 Å². The number of nitrogens with one attached hydrogen (secondary N) is 1. The molecule has 9 nitrogen and oxygen atoms in total. The summed E-state index contributed by atoms with van der Waals surface area (Å²) in [5, 5.41) is 49.9. The Morgan fingerprint density at radius 2 is 1.96 bits per heavy atom. The lowest BCUT2D eigenvalue weighted by Crippen LogP contribution is -2.60. The molecule has 0 unspecified atom stereocenters. The van der Waals surface area contributed by atoms with Gasteiger partial charge in [-0.15, -0.1) is 0 Å². The number of non-ortho nitro benzene ring substituents is 1. The molecule has 28 heavy (non-hydrogen) atoms. The Morgan fingerprint density at radius 1 is 1.21 bits per heavy atom. The molecule has 3 fully saturated rings. The minimum absolute atomic E-state index is 0.219. The van der Waals surface area contributed by atoms with E-state index in [1.165, 1.54) is 24.3 Å². The highest BCUT2D eigenvalue weighted by Gasteiger charge is 2.80. The van der Waals surface area contributed by atoms with Gasteiger partial charge in [-0.2, -0.15) is 15.8 Å². The maximum atomic E-state index is 11.2. The smallest absolute Gasteiger partial charge is 0.269 e. The van der Waals surface area contributed by atoms with E-state index in [-0.39, 0.29) is 11.3 Å². The number of nitrogens with zero attached hydrogens (tertiary/aromatic N) is 4. The monoisotopic (exact) mass is 377 g/mol. The summed E-state index contributed by atoms with van der Waals surface area (Å²) in [6.45, 7) is 0. The molecule has 2 saturated heterocycles. The van der Waals surface area contributed by atoms with Gasteiger partial charge in [0.2, 0.25) is 17.1 Å². The normalized spacial score (nSPS) is 34.8. The summed E-state index contributed by atoms with van der Waals surface area (Å²) in [4.78, 5) is 10.6. The van der Waals surface area contributed by atoms with Crippen LogP contribution in [0.4, 0.5) is 5.69 Å². The summed E-state index contributed by atoms with van der Waals surface area (Å²) >= 11 is 0. The van der Waals surface area contributed by atoms with Crippen molar-refractivity contribution in [3.8, 4) is 18.2 Å². The molecule has 4 rings (SSSR count). The van der Waals surface area contributed by atoms with Crippen molar-refractivity contribution < 1.29 is 14.4 Å². The topological polar surface area (TPSA) is 157 Å². The zero-order valence-electron chi connectivity index (χ0n) is 14.7. The molecule has 1 aromatic carbocycles.